The van der Waals surface area contributed by atoms with Crippen LogP contribution in [0.3, 0.4) is 0 Å². The summed E-state index contributed by atoms with van der Waals surface area (Å²) in [6, 6.07) is 0. The van der Waals surface area contributed by atoms with Gasteiger partial charge in [0.2, 0.25) is 0 Å². The summed E-state index contributed by atoms with van der Waals surface area (Å²) < 4.78 is 0. The van der Waals surface area contributed by atoms with Crippen molar-refractivity contribution in [2.24, 2.45) is 5.41 Å². The highest BCUT2D eigenvalue weighted by molar-refractivity contribution is 4.79. The molecule has 1 N–H and O–H groups in total. The molecule has 2 nitrogen and oxygen atoms in total. The summed E-state index contributed by atoms with van der Waals surface area (Å²) in [7, 11) is 0. The van der Waals surface area contributed by atoms with E-state index in [1.807, 2.05) is 0 Å². The number of aliphatic hydroxyl groups is 1. The molecule has 1 saturated heterocycles. The van der Waals surface area contributed by atoms with Crippen molar-refractivity contribution in [1.82, 2.24) is 4.90 Å². The van der Waals surface area contributed by atoms with Gasteiger partial charge in [0.1, 0.15) is 0 Å². The molecule has 0 bridgehead atoms. The number of aliphatic hydroxyl groups excluding tert-OH is 1. The highest BCUT2D eigenvalue weighted by Crippen LogP contribution is 2.25. The van der Waals surface area contributed by atoms with Crippen LogP contribution in [0.1, 0.15) is 39.5 Å². The molecule has 1 fully saturated rings. The molecule has 13 heavy (non-hydrogen) atoms. The molecule has 0 aromatic rings. The second kappa shape index (κ2) is 4.97. The van der Waals surface area contributed by atoms with E-state index in [4.69, 9.17) is 0 Å². The van der Waals surface area contributed by atoms with E-state index >= 15 is 0 Å². The number of nitrogens with zero attached hydrogens (tertiary/aromatic N) is 1. The summed E-state index contributed by atoms with van der Waals surface area (Å²) in [4.78, 5) is 2.49. The monoisotopic (exact) mass is 185 g/mol. The zero-order valence-corrected chi connectivity index (χ0v) is 9.05. The Kier molecular flexibility index (Phi) is 4.20. The molecule has 0 radical (unpaired) electrons. The minimum Gasteiger partial charge on any atom is -0.396 e. The molecule has 1 atom stereocenters. The van der Waals surface area contributed by atoms with E-state index in [-0.39, 0.29) is 5.41 Å². The Morgan fingerprint density at radius 1 is 1.31 bits per heavy atom. The van der Waals surface area contributed by atoms with Crippen LogP contribution in [0, 0.1) is 5.41 Å². The van der Waals surface area contributed by atoms with Gasteiger partial charge in [0.15, 0.2) is 0 Å². The van der Waals surface area contributed by atoms with Gasteiger partial charge in [0.05, 0.1) is 0 Å². The lowest BCUT2D eigenvalue weighted by atomic mass is 9.86. The van der Waals surface area contributed by atoms with Crippen LogP contribution in [-0.2, 0) is 0 Å². The van der Waals surface area contributed by atoms with Crippen LogP contribution in [0.5, 0.6) is 0 Å². The van der Waals surface area contributed by atoms with E-state index in [1.165, 1.54) is 32.4 Å². The van der Waals surface area contributed by atoms with Crippen LogP contribution in [0.2, 0.25) is 0 Å². The van der Waals surface area contributed by atoms with Crippen LogP contribution in [0.15, 0.2) is 0 Å². The molecule has 1 aliphatic rings. The van der Waals surface area contributed by atoms with Crippen LogP contribution in [0.25, 0.3) is 0 Å². The van der Waals surface area contributed by atoms with Crippen molar-refractivity contribution in [2.75, 3.05) is 26.2 Å². The highest BCUT2D eigenvalue weighted by Gasteiger charge is 2.26. The first-order valence-corrected chi connectivity index (χ1v) is 5.53. The number of hydrogen-bond donors (Lipinski definition) is 1. The van der Waals surface area contributed by atoms with Gasteiger partial charge in [-0.1, -0.05) is 20.3 Å². The van der Waals surface area contributed by atoms with Crippen LogP contribution in [-0.4, -0.2) is 36.2 Å². The normalized spacial score (nSPS) is 23.3. The summed E-state index contributed by atoms with van der Waals surface area (Å²) in [5.41, 5.74) is 0.138. The predicted molar refractivity (Wildman–Crippen MR) is 55.8 cm³/mol. The molecule has 1 unspecified atom stereocenters. The first kappa shape index (κ1) is 11.0. The zero-order chi connectivity index (χ0) is 9.73. The molecule has 78 valence electrons. The fraction of sp³-hybridized carbons (Fsp3) is 1.00. The average Bonchev–Trinajstić information content (AvgIpc) is 2.57. The molecule has 1 aliphatic heterocycles. The van der Waals surface area contributed by atoms with Gasteiger partial charge >= 0.3 is 0 Å². The van der Waals surface area contributed by atoms with Gasteiger partial charge < -0.3 is 10.0 Å². The van der Waals surface area contributed by atoms with E-state index in [0.717, 1.165) is 13.0 Å². The third kappa shape index (κ3) is 3.28. The van der Waals surface area contributed by atoms with E-state index in [0.29, 0.717) is 6.61 Å². The molecular weight excluding hydrogens is 162 g/mol. The molecular formula is C11H23NO. The molecule has 0 aromatic heterocycles. The zero-order valence-electron chi connectivity index (χ0n) is 9.05. The summed E-state index contributed by atoms with van der Waals surface area (Å²) >= 11 is 0. The molecule has 1 rings (SSSR count). The lowest BCUT2D eigenvalue weighted by molar-refractivity contribution is 0.0898. The molecule has 2 heteroatoms. The third-order valence-corrected chi connectivity index (χ3v) is 3.04. The second-order valence-electron chi connectivity index (χ2n) is 4.70. The van der Waals surface area contributed by atoms with Crippen LogP contribution in [0.4, 0.5) is 0 Å². The van der Waals surface area contributed by atoms with Gasteiger partial charge in [-0.25, -0.2) is 0 Å². The maximum Gasteiger partial charge on any atom is 0.0497 e. The minimum absolute atomic E-state index is 0.138. The SMILES string of the molecule is CCCC(C)(CO)CN1CCCC1. The fourth-order valence-corrected chi connectivity index (χ4v) is 2.29. The van der Waals surface area contributed by atoms with E-state index in [2.05, 4.69) is 18.7 Å². The van der Waals surface area contributed by atoms with Gasteiger partial charge in [-0.15, -0.1) is 0 Å². The Balaban J connectivity index is 2.36. The first-order chi connectivity index (χ1) is 6.20. The maximum atomic E-state index is 9.35. The van der Waals surface area contributed by atoms with Crippen molar-refractivity contribution >= 4 is 0 Å². The van der Waals surface area contributed by atoms with E-state index in [9.17, 15) is 5.11 Å². The lowest BCUT2D eigenvalue weighted by Crippen LogP contribution is -2.36. The highest BCUT2D eigenvalue weighted by atomic mass is 16.3. The summed E-state index contributed by atoms with van der Waals surface area (Å²) in [5, 5.41) is 9.35. The van der Waals surface area contributed by atoms with Crippen molar-refractivity contribution in [3.8, 4) is 0 Å². The smallest absolute Gasteiger partial charge is 0.0497 e. The molecule has 1 heterocycles. The Morgan fingerprint density at radius 3 is 2.38 bits per heavy atom. The van der Waals surface area contributed by atoms with Gasteiger partial charge in [0.25, 0.3) is 0 Å². The maximum absolute atomic E-state index is 9.35. The molecule has 0 aromatic carbocycles. The topological polar surface area (TPSA) is 23.5 Å². The average molecular weight is 185 g/mol. The molecule has 0 amide bonds. The Labute approximate surface area is 81.9 Å². The summed E-state index contributed by atoms with van der Waals surface area (Å²) in [5.74, 6) is 0. The van der Waals surface area contributed by atoms with Crippen LogP contribution >= 0.6 is 0 Å². The predicted octanol–water partition coefficient (Wildman–Crippen LogP) is 1.88. The van der Waals surface area contributed by atoms with Gasteiger partial charge in [-0.05, 0) is 32.4 Å². The van der Waals surface area contributed by atoms with Crippen molar-refractivity contribution in [3.05, 3.63) is 0 Å². The molecule has 0 aliphatic carbocycles. The molecule has 0 spiro atoms. The summed E-state index contributed by atoms with van der Waals surface area (Å²) in [6.07, 6.45) is 4.99. The van der Waals surface area contributed by atoms with Crippen LogP contribution < -0.4 is 0 Å². The lowest BCUT2D eigenvalue weighted by Gasteiger charge is -2.31. The minimum atomic E-state index is 0.138. The molecule has 0 saturated carbocycles. The number of rotatable bonds is 5. The Morgan fingerprint density at radius 2 is 1.92 bits per heavy atom. The quantitative estimate of drug-likeness (QED) is 0.707. The van der Waals surface area contributed by atoms with Crippen molar-refractivity contribution in [1.29, 1.82) is 0 Å². The van der Waals surface area contributed by atoms with E-state index in [1.54, 1.807) is 0 Å². The van der Waals surface area contributed by atoms with Gasteiger partial charge in [-0.2, -0.15) is 0 Å². The van der Waals surface area contributed by atoms with Gasteiger partial charge in [0, 0.05) is 18.6 Å². The van der Waals surface area contributed by atoms with Crippen molar-refractivity contribution in [2.45, 2.75) is 39.5 Å². The number of likely N-dealkylation sites (tertiary alicyclic amines) is 1. The van der Waals surface area contributed by atoms with Crippen molar-refractivity contribution < 1.29 is 5.11 Å². The first-order valence-electron chi connectivity index (χ1n) is 5.53. The third-order valence-electron chi connectivity index (χ3n) is 3.04. The van der Waals surface area contributed by atoms with Gasteiger partial charge in [-0.3, -0.25) is 0 Å². The summed E-state index contributed by atoms with van der Waals surface area (Å²) in [6.45, 7) is 8.28. The standard InChI is InChI=1S/C11H23NO/c1-3-6-11(2,10-13)9-12-7-4-5-8-12/h13H,3-10H2,1-2H3. The largest absolute Gasteiger partial charge is 0.396 e. The van der Waals surface area contributed by atoms with E-state index < -0.39 is 0 Å². The number of hydrogen-bond acceptors (Lipinski definition) is 2. The fourth-order valence-electron chi connectivity index (χ4n) is 2.29. The Hall–Kier alpha value is -0.0800. The Bertz CT molecular complexity index is 143. The second-order valence-corrected chi connectivity index (χ2v) is 4.70. The van der Waals surface area contributed by atoms with Crippen molar-refractivity contribution in [3.63, 3.8) is 0 Å².